The molecule has 0 spiro atoms. The van der Waals surface area contributed by atoms with Crippen molar-refractivity contribution >= 4 is 17.8 Å². The molecule has 7 nitrogen and oxygen atoms in total. The fourth-order valence-corrected chi connectivity index (χ4v) is 2.53. The molecule has 0 aliphatic carbocycles. The molecule has 0 saturated heterocycles. The number of alkyl halides is 3. The Kier molecular flexibility index (Phi) is 6.43. The Morgan fingerprint density at radius 3 is 2.33 bits per heavy atom. The van der Waals surface area contributed by atoms with Crippen molar-refractivity contribution in [3.63, 3.8) is 0 Å². The van der Waals surface area contributed by atoms with Crippen molar-refractivity contribution in [2.75, 3.05) is 11.9 Å². The van der Waals surface area contributed by atoms with Crippen molar-refractivity contribution in [1.29, 1.82) is 0 Å². The molecular weight excluding hydrogens is 408 g/mol. The van der Waals surface area contributed by atoms with E-state index in [-0.39, 0.29) is 22.6 Å². The van der Waals surface area contributed by atoms with Crippen LogP contribution in [0.15, 0.2) is 18.2 Å². The Hall–Kier alpha value is -3.11. The molecule has 0 saturated carbocycles. The van der Waals surface area contributed by atoms with Gasteiger partial charge in [-0.15, -0.1) is 5.10 Å². The summed E-state index contributed by atoms with van der Waals surface area (Å²) in [5, 5.41) is 8.25. The highest BCUT2D eigenvalue weighted by molar-refractivity contribution is 5.96. The largest absolute Gasteiger partial charge is 0.444 e. The number of carbonyl (C=O) groups is 2. The van der Waals surface area contributed by atoms with Crippen LogP contribution in [0.2, 0.25) is 0 Å². The fraction of sp³-hybridized carbons (Fsp3) is 0.421. The molecule has 0 aliphatic heterocycles. The predicted molar refractivity (Wildman–Crippen MR) is 101 cm³/mol. The fourth-order valence-electron chi connectivity index (χ4n) is 2.53. The van der Waals surface area contributed by atoms with Gasteiger partial charge in [-0.25, -0.2) is 13.9 Å². The van der Waals surface area contributed by atoms with E-state index in [0.717, 1.165) is 16.8 Å². The van der Waals surface area contributed by atoms with Crippen LogP contribution < -0.4 is 10.6 Å². The summed E-state index contributed by atoms with van der Waals surface area (Å²) >= 11 is 0. The first-order valence-corrected chi connectivity index (χ1v) is 8.88. The third kappa shape index (κ3) is 6.19. The highest BCUT2D eigenvalue weighted by atomic mass is 19.4. The molecule has 2 rings (SSSR count). The molecule has 0 unspecified atom stereocenters. The van der Waals surface area contributed by atoms with Gasteiger partial charge in [-0.2, -0.15) is 13.2 Å². The van der Waals surface area contributed by atoms with E-state index in [4.69, 9.17) is 4.74 Å². The number of ether oxygens (including phenoxy) is 1. The number of anilines is 1. The van der Waals surface area contributed by atoms with Crippen LogP contribution in [0.4, 0.5) is 28.2 Å². The van der Waals surface area contributed by atoms with Crippen LogP contribution in [0.3, 0.4) is 0 Å². The lowest BCUT2D eigenvalue weighted by molar-refractivity contribution is -0.123. The molecule has 0 atom stereocenters. The van der Waals surface area contributed by atoms with Gasteiger partial charge in [-0.3, -0.25) is 10.1 Å². The van der Waals surface area contributed by atoms with Crippen molar-refractivity contribution in [1.82, 2.24) is 15.1 Å². The molecule has 0 aliphatic rings. The highest BCUT2D eigenvalue weighted by Gasteiger charge is 2.28. The summed E-state index contributed by atoms with van der Waals surface area (Å²) in [6, 6.07) is 3.58. The molecule has 1 aromatic carbocycles. The second kappa shape index (κ2) is 8.33. The summed E-state index contributed by atoms with van der Waals surface area (Å²) < 4.78 is 57.9. The van der Waals surface area contributed by atoms with Gasteiger partial charge in [-0.1, -0.05) is 0 Å². The van der Waals surface area contributed by atoms with Crippen LogP contribution in [0.25, 0.3) is 5.69 Å². The Bertz CT molecular complexity index is 962. The normalized spacial score (nSPS) is 11.9. The minimum absolute atomic E-state index is 0.0739. The van der Waals surface area contributed by atoms with Gasteiger partial charge in [0.2, 0.25) is 0 Å². The maximum atomic E-state index is 14.5. The van der Waals surface area contributed by atoms with Crippen LogP contribution in [-0.2, 0) is 4.74 Å². The standard InChI is InChI=1S/C19H22F4N4O3/c1-10-6-13(20)14(8-12(10)16(28)24-9-19(21,22)23)27-11(2)7-15(26-27)25-17(29)30-18(3,4)5/h6-8H,9H2,1-5H3,(H,24,28)(H,25,26,29). The number of aryl methyl sites for hydroxylation is 2. The van der Waals surface area contributed by atoms with Crippen LogP contribution in [-0.4, -0.2) is 40.1 Å². The van der Waals surface area contributed by atoms with Gasteiger partial charge in [0.05, 0.1) is 0 Å². The molecule has 0 bridgehead atoms. The van der Waals surface area contributed by atoms with E-state index in [9.17, 15) is 27.2 Å². The Morgan fingerprint density at radius 1 is 1.13 bits per heavy atom. The summed E-state index contributed by atoms with van der Waals surface area (Å²) in [4.78, 5) is 24.0. The number of amides is 2. The number of nitrogens with zero attached hydrogens (tertiary/aromatic N) is 2. The number of rotatable bonds is 4. The third-order valence-corrected chi connectivity index (χ3v) is 3.73. The molecule has 0 radical (unpaired) electrons. The second-order valence-electron chi connectivity index (χ2n) is 7.63. The SMILES string of the molecule is Cc1cc(F)c(-n2nc(NC(=O)OC(C)(C)C)cc2C)cc1C(=O)NCC(F)(F)F. The molecular formula is C19H22F4N4O3. The number of nitrogens with one attached hydrogen (secondary N) is 2. The third-order valence-electron chi connectivity index (χ3n) is 3.73. The van der Waals surface area contributed by atoms with Gasteiger partial charge in [-0.05, 0) is 52.3 Å². The molecule has 2 aromatic rings. The molecule has 30 heavy (non-hydrogen) atoms. The van der Waals surface area contributed by atoms with Gasteiger partial charge in [0.25, 0.3) is 5.91 Å². The van der Waals surface area contributed by atoms with Crippen LogP contribution in [0.5, 0.6) is 0 Å². The number of hydrogen-bond acceptors (Lipinski definition) is 4. The first-order valence-electron chi connectivity index (χ1n) is 8.88. The van der Waals surface area contributed by atoms with Crippen LogP contribution in [0.1, 0.15) is 42.4 Å². The summed E-state index contributed by atoms with van der Waals surface area (Å²) in [5.41, 5.74) is -0.457. The lowest BCUT2D eigenvalue weighted by atomic mass is 10.1. The van der Waals surface area contributed by atoms with Crippen molar-refractivity contribution in [2.45, 2.75) is 46.4 Å². The number of halogens is 4. The molecule has 164 valence electrons. The van der Waals surface area contributed by atoms with Gasteiger partial charge in [0, 0.05) is 17.3 Å². The zero-order valence-corrected chi connectivity index (χ0v) is 17.1. The minimum Gasteiger partial charge on any atom is -0.444 e. The van der Waals surface area contributed by atoms with Crippen molar-refractivity contribution in [3.05, 3.63) is 40.8 Å². The van der Waals surface area contributed by atoms with Crippen molar-refractivity contribution in [2.24, 2.45) is 0 Å². The van der Waals surface area contributed by atoms with Gasteiger partial charge in [0.15, 0.2) is 5.82 Å². The van der Waals surface area contributed by atoms with Crippen LogP contribution in [0, 0.1) is 19.7 Å². The summed E-state index contributed by atoms with van der Waals surface area (Å²) in [6.45, 7) is 6.52. The first-order chi connectivity index (χ1) is 13.7. The van der Waals surface area contributed by atoms with E-state index in [1.54, 1.807) is 33.0 Å². The zero-order chi connectivity index (χ0) is 22.9. The van der Waals surface area contributed by atoms with E-state index in [1.165, 1.54) is 13.0 Å². The molecule has 1 aromatic heterocycles. The molecule has 11 heteroatoms. The van der Waals surface area contributed by atoms with E-state index in [1.807, 2.05) is 0 Å². The quantitative estimate of drug-likeness (QED) is 0.710. The second-order valence-corrected chi connectivity index (χ2v) is 7.63. The number of hydrogen-bond donors (Lipinski definition) is 2. The van der Waals surface area contributed by atoms with Gasteiger partial charge >= 0.3 is 12.3 Å². The van der Waals surface area contributed by atoms with Gasteiger partial charge in [0.1, 0.15) is 23.7 Å². The molecule has 2 N–H and O–H groups in total. The van der Waals surface area contributed by atoms with E-state index >= 15 is 0 Å². The molecule has 0 fully saturated rings. The number of aromatic nitrogens is 2. The first kappa shape index (κ1) is 23.2. The Morgan fingerprint density at radius 2 is 1.77 bits per heavy atom. The zero-order valence-electron chi connectivity index (χ0n) is 17.1. The van der Waals surface area contributed by atoms with Crippen molar-refractivity contribution < 1.29 is 31.9 Å². The topological polar surface area (TPSA) is 85.2 Å². The van der Waals surface area contributed by atoms with E-state index < -0.39 is 36.1 Å². The summed E-state index contributed by atoms with van der Waals surface area (Å²) in [7, 11) is 0. The lowest BCUT2D eigenvalue weighted by Crippen LogP contribution is -2.34. The average molecular weight is 430 g/mol. The number of carbonyl (C=O) groups excluding carboxylic acids is 2. The Balaban J connectivity index is 2.32. The smallest absolute Gasteiger partial charge is 0.413 e. The molecule has 1 heterocycles. The maximum Gasteiger partial charge on any atom is 0.413 e. The number of benzene rings is 1. The summed E-state index contributed by atoms with van der Waals surface area (Å²) in [5.74, 6) is -1.66. The van der Waals surface area contributed by atoms with E-state index in [2.05, 4.69) is 10.4 Å². The maximum absolute atomic E-state index is 14.5. The Labute approximate surface area is 170 Å². The van der Waals surface area contributed by atoms with Gasteiger partial charge < -0.3 is 10.1 Å². The average Bonchev–Trinajstić information content (AvgIpc) is 2.90. The van der Waals surface area contributed by atoms with Crippen LogP contribution >= 0.6 is 0 Å². The highest BCUT2D eigenvalue weighted by Crippen LogP contribution is 2.23. The van der Waals surface area contributed by atoms with E-state index in [0.29, 0.717) is 5.69 Å². The monoisotopic (exact) mass is 430 g/mol. The summed E-state index contributed by atoms with van der Waals surface area (Å²) in [6.07, 6.45) is -5.34. The minimum atomic E-state index is -4.58. The predicted octanol–water partition coefficient (Wildman–Crippen LogP) is 4.27. The molecule has 2 amide bonds. The lowest BCUT2D eigenvalue weighted by Gasteiger charge is -2.19. The van der Waals surface area contributed by atoms with Crippen molar-refractivity contribution in [3.8, 4) is 5.69 Å².